The SMILES string of the molecule is O=CN(CCC1CCCN(C(=O)N2CCN(c3ccc(C(F)(F)F)cn3)CC2)C1)C1CCCCC1. The molecule has 4 rings (SSSR count). The van der Waals surface area contributed by atoms with Crippen LogP contribution in [-0.2, 0) is 11.0 Å². The van der Waals surface area contributed by atoms with Crippen molar-refractivity contribution < 1.29 is 22.8 Å². The van der Waals surface area contributed by atoms with Gasteiger partial charge in [-0.25, -0.2) is 9.78 Å². The molecule has 2 saturated heterocycles. The molecule has 2 aliphatic heterocycles. The van der Waals surface area contributed by atoms with Crippen LogP contribution in [-0.4, -0.2) is 84.0 Å². The van der Waals surface area contributed by atoms with E-state index < -0.39 is 11.7 Å². The summed E-state index contributed by atoms with van der Waals surface area (Å²) in [6, 6.07) is 2.85. The maximum Gasteiger partial charge on any atom is 0.417 e. The minimum Gasteiger partial charge on any atom is -0.353 e. The van der Waals surface area contributed by atoms with Crippen LogP contribution in [0.4, 0.5) is 23.8 Å². The number of carbonyl (C=O) groups excluding carboxylic acids is 2. The summed E-state index contributed by atoms with van der Waals surface area (Å²) in [4.78, 5) is 36.5. The zero-order valence-corrected chi connectivity index (χ0v) is 20.3. The number of hydrogen-bond donors (Lipinski definition) is 0. The first-order valence-electron chi connectivity index (χ1n) is 12.9. The molecule has 0 bridgehead atoms. The number of alkyl halides is 3. The van der Waals surface area contributed by atoms with E-state index in [2.05, 4.69) is 4.98 Å². The van der Waals surface area contributed by atoms with E-state index in [0.29, 0.717) is 44.0 Å². The topological polar surface area (TPSA) is 60.0 Å². The number of piperidine rings is 1. The van der Waals surface area contributed by atoms with Gasteiger partial charge in [0.1, 0.15) is 5.82 Å². The molecule has 7 nitrogen and oxygen atoms in total. The van der Waals surface area contributed by atoms with Crippen LogP contribution in [0.5, 0.6) is 0 Å². The third kappa shape index (κ3) is 6.58. The number of amides is 3. The number of halogens is 3. The third-order valence-corrected chi connectivity index (χ3v) is 7.71. The summed E-state index contributed by atoms with van der Waals surface area (Å²) in [5.74, 6) is 0.900. The summed E-state index contributed by atoms with van der Waals surface area (Å²) in [7, 11) is 0. The average Bonchev–Trinajstić information content (AvgIpc) is 2.89. The zero-order valence-electron chi connectivity index (χ0n) is 20.3. The van der Waals surface area contributed by atoms with Crippen molar-refractivity contribution in [2.24, 2.45) is 5.92 Å². The number of rotatable bonds is 6. The highest BCUT2D eigenvalue weighted by molar-refractivity contribution is 5.75. The molecule has 1 aromatic rings. The number of anilines is 1. The molecule has 3 fully saturated rings. The third-order valence-electron chi connectivity index (χ3n) is 7.71. The van der Waals surface area contributed by atoms with Gasteiger partial charge >= 0.3 is 12.2 Å². The van der Waals surface area contributed by atoms with E-state index in [1.54, 1.807) is 0 Å². The molecule has 0 radical (unpaired) electrons. The van der Waals surface area contributed by atoms with Gasteiger partial charge in [-0.05, 0) is 50.2 Å². The van der Waals surface area contributed by atoms with Crippen LogP contribution in [0, 0.1) is 5.92 Å². The van der Waals surface area contributed by atoms with Crippen molar-refractivity contribution in [1.82, 2.24) is 19.7 Å². The first kappa shape index (κ1) is 25.6. The summed E-state index contributed by atoms with van der Waals surface area (Å²) in [5.41, 5.74) is -0.760. The smallest absolute Gasteiger partial charge is 0.353 e. The molecule has 0 aromatic carbocycles. The second-order valence-corrected chi connectivity index (χ2v) is 10.0. The summed E-state index contributed by atoms with van der Waals surface area (Å²) in [6.07, 6.45) is 6.29. The summed E-state index contributed by atoms with van der Waals surface area (Å²) in [6.45, 7) is 4.34. The van der Waals surface area contributed by atoms with Gasteiger partial charge in [-0.1, -0.05) is 19.3 Å². The quantitative estimate of drug-likeness (QED) is 0.554. The molecule has 0 N–H and O–H groups in total. The van der Waals surface area contributed by atoms with Crippen molar-refractivity contribution in [1.29, 1.82) is 0 Å². The number of piperazine rings is 1. The molecule has 194 valence electrons. The van der Waals surface area contributed by atoms with Crippen LogP contribution >= 0.6 is 0 Å². The highest BCUT2D eigenvalue weighted by atomic mass is 19.4. The molecule has 1 saturated carbocycles. The second-order valence-electron chi connectivity index (χ2n) is 10.0. The molecule has 0 spiro atoms. The van der Waals surface area contributed by atoms with Crippen LogP contribution in [0.3, 0.4) is 0 Å². The Labute approximate surface area is 205 Å². The van der Waals surface area contributed by atoms with Gasteiger partial charge in [0, 0.05) is 58.1 Å². The van der Waals surface area contributed by atoms with Gasteiger partial charge in [0.05, 0.1) is 5.56 Å². The number of pyridine rings is 1. The minimum absolute atomic E-state index is 0.0363. The fraction of sp³-hybridized carbons (Fsp3) is 0.720. The Balaban J connectivity index is 1.24. The van der Waals surface area contributed by atoms with Crippen LogP contribution in [0.25, 0.3) is 0 Å². The lowest BCUT2D eigenvalue weighted by molar-refractivity contribution is -0.137. The lowest BCUT2D eigenvalue weighted by Gasteiger charge is -2.41. The number of urea groups is 1. The maximum absolute atomic E-state index is 13.2. The monoisotopic (exact) mass is 495 g/mol. The summed E-state index contributed by atoms with van der Waals surface area (Å²) < 4.78 is 38.3. The van der Waals surface area contributed by atoms with Crippen LogP contribution in [0.1, 0.15) is 56.9 Å². The van der Waals surface area contributed by atoms with Crippen molar-refractivity contribution >= 4 is 18.3 Å². The predicted octanol–water partition coefficient (Wildman–Crippen LogP) is 4.24. The van der Waals surface area contributed by atoms with E-state index in [9.17, 15) is 22.8 Å². The summed E-state index contributed by atoms with van der Waals surface area (Å²) >= 11 is 0. The molecule has 1 aromatic heterocycles. The van der Waals surface area contributed by atoms with Crippen LogP contribution in [0.2, 0.25) is 0 Å². The van der Waals surface area contributed by atoms with Gasteiger partial charge in [0.15, 0.2) is 0 Å². The number of nitrogens with zero attached hydrogens (tertiary/aromatic N) is 5. The zero-order chi connectivity index (χ0) is 24.8. The lowest BCUT2D eigenvalue weighted by atomic mass is 9.92. The van der Waals surface area contributed by atoms with Crippen LogP contribution in [0.15, 0.2) is 18.3 Å². The first-order valence-corrected chi connectivity index (χ1v) is 12.9. The minimum atomic E-state index is -4.40. The molecule has 3 heterocycles. The standard InChI is InChI=1S/C25H36F3N5O2/c26-25(27,28)21-8-9-23(29-17-21)30-13-15-31(16-14-30)24(35)32-11-4-5-20(18-32)10-12-33(19-34)22-6-2-1-3-7-22/h8-9,17,19-20,22H,1-7,10-16,18H2. The lowest BCUT2D eigenvalue weighted by Crippen LogP contribution is -2.54. The van der Waals surface area contributed by atoms with Crippen LogP contribution < -0.4 is 4.90 Å². The van der Waals surface area contributed by atoms with E-state index in [1.807, 2.05) is 19.6 Å². The van der Waals surface area contributed by atoms with Gasteiger partial charge in [0.2, 0.25) is 6.41 Å². The van der Waals surface area contributed by atoms with E-state index in [4.69, 9.17) is 0 Å². The van der Waals surface area contributed by atoms with E-state index >= 15 is 0 Å². The van der Waals surface area contributed by atoms with Crippen molar-refractivity contribution in [3.8, 4) is 0 Å². The molecule has 3 aliphatic rings. The fourth-order valence-electron chi connectivity index (χ4n) is 5.61. The van der Waals surface area contributed by atoms with Gasteiger partial charge in [-0.3, -0.25) is 4.79 Å². The van der Waals surface area contributed by atoms with Gasteiger partial charge < -0.3 is 19.6 Å². The molecule has 1 atom stereocenters. The first-order chi connectivity index (χ1) is 16.8. The Morgan fingerprint density at radius 3 is 2.37 bits per heavy atom. The van der Waals surface area contributed by atoms with Crippen molar-refractivity contribution in [3.05, 3.63) is 23.9 Å². The predicted molar refractivity (Wildman–Crippen MR) is 127 cm³/mol. The van der Waals surface area contributed by atoms with Crippen molar-refractivity contribution in [2.75, 3.05) is 50.7 Å². The average molecular weight is 496 g/mol. The van der Waals surface area contributed by atoms with E-state index in [-0.39, 0.29) is 6.03 Å². The molecule has 10 heteroatoms. The molecule has 3 amide bonds. The Morgan fingerprint density at radius 2 is 1.74 bits per heavy atom. The Kier molecular flexibility index (Phi) is 8.38. The largest absolute Gasteiger partial charge is 0.417 e. The number of hydrogen-bond acceptors (Lipinski definition) is 4. The maximum atomic E-state index is 13.2. The highest BCUT2D eigenvalue weighted by Gasteiger charge is 2.32. The van der Waals surface area contributed by atoms with Gasteiger partial charge in [-0.15, -0.1) is 0 Å². The molecule has 1 unspecified atom stereocenters. The molecule has 35 heavy (non-hydrogen) atoms. The number of likely N-dealkylation sites (tertiary alicyclic amines) is 1. The molecular formula is C25H36F3N5O2. The van der Waals surface area contributed by atoms with Gasteiger partial charge in [0.25, 0.3) is 0 Å². The van der Waals surface area contributed by atoms with Gasteiger partial charge in [-0.2, -0.15) is 13.2 Å². The highest BCUT2D eigenvalue weighted by Crippen LogP contribution is 2.30. The van der Waals surface area contributed by atoms with Crippen molar-refractivity contribution in [3.63, 3.8) is 0 Å². The molecule has 1 aliphatic carbocycles. The van der Waals surface area contributed by atoms with E-state index in [0.717, 1.165) is 70.4 Å². The number of carbonyl (C=O) groups is 2. The normalized spacial score (nSPS) is 22.3. The Bertz CT molecular complexity index is 836. The van der Waals surface area contributed by atoms with Crippen molar-refractivity contribution in [2.45, 2.75) is 63.6 Å². The Hall–Kier alpha value is -2.52. The van der Waals surface area contributed by atoms with E-state index in [1.165, 1.54) is 25.3 Å². The second kappa shape index (κ2) is 11.5. The fourth-order valence-corrected chi connectivity index (χ4v) is 5.61. The molecular weight excluding hydrogens is 459 g/mol. The Morgan fingerprint density at radius 1 is 1.00 bits per heavy atom. The summed E-state index contributed by atoms with van der Waals surface area (Å²) in [5, 5.41) is 0. The number of aromatic nitrogens is 1.